The molecule has 1 aliphatic rings. The van der Waals surface area contributed by atoms with Gasteiger partial charge >= 0.3 is 0 Å². The quantitative estimate of drug-likeness (QED) is 0.590. The van der Waals surface area contributed by atoms with Gasteiger partial charge in [0.25, 0.3) is 5.69 Å². The standard InChI is InChI=1S/C15H21FN4O3.ClH/c16-14-8-13(20(22)23)4-3-11(14)9-19-7-1-2-12(10-19)15(21)18-6-5-17;/h3-4,8,12H,1-2,5-7,9-10,17H2,(H,18,21);1H. The molecule has 0 radical (unpaired) electrons. The summed E-state index contributed by atoms with van der Waals surface area (Å²) in [6.07, 6.45) is 1.66. The molecule has 3 N–H and O–H groups in total. The zero-order valence-corrected chi connectivity index (χ0v) is 14.1. The number of carbonyl (C=O) groups excluding carboxylic acids is 1. The second kappa shape index (κ2) is 9.51. The third-order valence-corrected chi connectivity index (χ3v) is 3.96. The molecular weight excluding hydrogens is 339 g/mol. The van der Waals surface area contributed by atoms with Crippen LogP contribution in [0.15, 0.2) is 18.2 Å². The number of benzene rings is 1. The molecule has 24 heavy (non-hydrogen) atoms. The number of piperidine rings is 1. The number of non-ortho nitro benzene ring substituents is 1. The molecule has 0 aromatic heterocycles. The van der Waals surface area contributed by atoms with E-state index >= 15 is 0 Å². The number of nitro benzene ring substituents is 1. The summed E-state index contributed by atoms with van der Waals surface area (Å²) >= 11 is 0. The second-order valence-corrected chi connectivity index (χ2v) is 5.69. The molecule has 1 aromatic rings. The van der Waals surface area contributed by atoms with E-state index in [-0.39, 0.29) is 29.9 Å². The van der Waals surface area contributed by atoms with Gasteiger partial charge in [-0.2, -0.15) is 0 Å². The van der Waals surface area contributed by atoms with Crippen molar-refractivity contribution >= 4 is 24.0 Å². The highest BCUT2D eigenvalue weighted by Crippen LogP contribution is 2.22. The number of carbonyl (C=O) groups is 1. The van der Waals surface area contributed by atoms with Crippen molar-refractivity contribution in [2.75, 3.05) is 26.2 Å². The first kappa shape index (κ1) is 20.3. The number of halogens is 2. The van der Waals surface area contributed by atoms with Crippen LogP contribution in [0.5, 0.6) is 0 Å². The largest absolute Gasteiger partial charge is 0.355 e. The van der Waals surface area contributed by atoms with Crippen LogP contribution in [0, 0.1) is 21.8 Å². The molecule has 1 atom stereocenters. The molecule has 1 unspecified atom stereocenters. The SMILES string of the molecule is Cl.NCCNC(=O)C1CCCN(Cc2ccc([N+](=O)[O-])cc2F)C1. The van der Waals surface area contributed by atoms with Crippen LogP contribution in [0.3, 0.4) is 0 Å². The molecule has 7 nitrogen and oxygen atoms in total. The Morgan fingerprint density at radius 3 is 2.88 bits per heavy atom. The lowest BCUT2D eigenvalue weighted by Gasteiger charge is -2.32. The van der Waals surface area contributed by atoms with Crippen molar-refractivity contribution in [2.45, 2.75) is 19.4 Å². The fourth-order valence-corrected chi connectivity index (χ4v) is 2.77. The van der Waals surface area contributed by atoms with Gasteiger partial charge < -0.3 is 11.1 Å². The summed E-state index contributed by atoms with van der Waals surface area (Å²) in [7, 11) is 0. The number of nitrogens with one attached hydrogen (secondary N) is 1. The molecule has 2 rings (SSSR count). The lowest BCUT2D eigenvalue weighted by molar-refractivity contribution is -0.385. The van der Waals surface area contributed by atoms with Crippen molar-refractivity contribution < 1.29 is 14.1 Å². The van der Waals surface area contributed by atoms with Crippen LogP contribution in [-0.4, -0.2) is 41.9 Å². The number of nitro groups is 1. The van der Waals surface area contributed by atoms with E-state index in [4.69, 9.17) is 5.73 Å². The third kappa shape index (κ3) is 5.40. The topological polar surface area (TPSA) is 102 Å². The van der Waals surface area contributed by atoms with Gasteiger partial charge in [-0.05, 0) is 25.5 Å². The van der Waals surface area contributed by atoms with Crippen LogP contribution < -0.4 is 11.1 Å². The van der Waals surface area contributed by atoms with Crippen molar-refractivity contribution in [3.05, 3.63) is 39.7 Å². The van der Waals surface area contributed by atoms with Gasteiger partial charge in [0.2, 0.25) is 5.91 Å². The average molecular weight is 361 g/mol. The highest BCUT2D eigenvalue weighted by molar-refractivity contribution is 5.85. The summed E-state index contributed by atoms with van der Waals surface area (Å²) in [5.41, 5.74) is 5.51. The molecule has 0 spiro atoms. The van der Waals surface area contributed by atoms with Crippen LogP contribution in [0.4, 0.5) is 10.1 Å². The summed E-state index contributed by atoms with van der Waals surface area (Å²) in [5, 5.41) is 13.4. The normalized spacial score (nSPS) is 17.8. The van der Waals surface area contributed by atoms with Crippen LogP contribution in [0.1, 0.15) is 18.4 Å². The predicted octanol–water partition coefficient (Wildman–Crippen LogP) is 1.44. The van der Waals surface area contributed by atoms with E-state index < -0.39 is 10.7 Å². The lowest BCUT2D eigenvalue weighted by Crippen LogP contribution is -2.43. The maximum absolute atomic E-state index is 14.0. The number of hydrogen-bond donors (Lipinski definition) is 2. The predicted molar refractivity (Wildman–Crippen MR) is 90.4 cm³/mol. The Labute approximate surface area is 145 Å². The molecule has 134 valence electrons. The van der Waals surface area contributed by atoms with Gasteiger partial charge in [-0.15, -0.1) is 12.4 Å². The summed E-state index contributed by atoms with van der Waals surface area (Å²) in [5.74, 6) is -0.741. The number of nitrogens with two attached hydrogens (primary N) is 1. The first-order valence-corrected chi connectivity index (χ1v) is 7.64. The van der Waals surface area contributed by atoms with E-state index in [0.717, 1.165) is 25.5 Å². The fraction of sp³-hybridized carbons (Fsp3) is 0.533. The number of hydrogen-bond acceptors (Lipinski definition) is 5. The Morgan fingerprint density at radius 1 is 1.50 bits per heavy atom. The van der Waals surface area contributed by atoms with Gasteiger partial charge in [-0.25, -0.2) is 4.39 Å². The zero-order valence-electron chi connectivity index (χ0n) is 13.2. The van der Waals surface area contributed by atoms with E-state index in [1.807, 2.05) is 4.90 Å². The minimum Gasteiger partial charge on any atom is -0.355 e. The molecule has 1 fully saturated rings. The molecule has 0 aliphatic carbocycles. The van der Waals surface area contributed by atoms with E-state index in [1.165, 1.54) is 12.1 Å². The number of nitrogens with zero attached hydrogens (tertiary/aromatic N) is 2. The summed E-state index contributed by atoms with van der Waals surface area (Å²) in [4.78, 5) is 24.0. The molecule has 1 saturated heterocycles. The van der Waals surface area contributed by atoms with Crippen LogP contribution in [-0.2, 0) is 11.3 Å². The van der Waals surface area contributed by atoms with Crippen molar-refractivity contribution in [3.8, 4) is 0 Å². The maximum atomic E-state index is 14.0. The molecular formula is C15H22ClFN4O3. The van der Waals surface area contributed by atoms with Crippen LogP contribution in [0.2, 0.25) is 0 Å². The highest BCUT2D eigenvalue weighted by atomic mass is 35.5. The van der Waals surface area contributed by atoms with Crippen molar-refractivity contribution in [3.63, 3.8) is 0 Å². The average Bonchev–Trinajstić information content (AvgIpc) is 2.54. The van der Waals surface area contributed by atoms with E-state index in [2.05, 4.69) is 5.32 Å². The minimum atomic E-state index is -0.619. The molecule has 0 bridgehead atoms. The first-order valence-electron chi connectivity index (χ1n) is 7.64. The molecule has 1 heterocycles. The van der Waals surface area contributed by atoms with Crippen LogP contribution in [0.25, 0.3) is 0 Å². The third-order valence-electron chi connectivity index (χ3n) is 3.96. The Morgan fingerprint density at radius 2 is 2.25 bits per heavy atom. The van der Waals surface area contributed by atoms with Crippen LogP contribution >= 0.6 is 12.4 Å². The maximum Gasteiger partial charge on any atom is 0.272 e. The van der Waals surface area contributed by atoms with Crippen molar-refractivity contribution in [1.29, 1.82) is 0 Å². The molecule has 0 saturated carbocycles. The fourth-order valence-electron chi connectivity index (χ4n) is 2.77. The van der Waals surface area contributed by atoms with Gasteiger partial charge in [0.05, 0.1) is 16.9 Å². The Bertz CT molecular complexity index is 588. The minimum absolute atomic E-state index is 0. The van der Waals surface area contributed by atoms with E-state index in [1.54, 1.807) is 0 Å². The van der Waals surface area contributed by atoms with Gasteiger partial charge in [-0.3, -0.25) is 19.8 Å². The number of likely N-dealkylation sites (tertiary alicyclic amines) is 1. The molecule has 1 aliphatic heterocycles. The second-order valence-electron chi connectivity index (χ2n) is 5.69. The Kier molecular flexibility index (Phi) is 8.03. The zero-order chi connectivity index (χ0) is 16.8. The number of rotatable bonds is 6. The molecule has 1 amide bonds. The van der Waals surface area contributed by atoms with Crippen molar-refractivity contribution in [2.24, 2.45) is 11.7 Å². The van der Waals surface area contributed by atoms with Gasteiger partial charge in [-0.1, -0.05) is 0 Å². The molecule has 9 heteroatoms. The Hall–Kier alpha value is -1.77. The lowest BCUT2D eigenvalue weighted by atomic mass is 9.96. The monoisotopic (exact) mass is 360 g/mol. The van der Waals surface area contributed by atoms with Gasteiger partial charge in [0.1, 0.15) is 5.82 Å². The summed E-state index contributed by atoms with van der Waals surface area (Å²) < 4.78 is 14.0. The summed E-state index contributed by atoms with van der Waals surface area (Å²) in [6.45, 7) is 2.51. The van der Waals surface area contributed by atoms with E-state index in [9.17, 15) is 19.3 Å². The van der Waals surface area contributed by atoms with Gasteiger partial charge in [0.15, 0.2) is 0 Å². The summed E-state index contributed by atoms with van der Waals surface area (Å²) in [6, 6.07) is 3.67. The van der Waals surface area contributed by atoms with Crippen molar-refractivity contribution in [1.82, 2.24) is 10.2 Å². The van der Waals surface area contributed by atoms with Gasteiger partial charge in [0, 0.05) is 37.8 Å². The highest BCUT2D eigenvalue weighted by Gasteiger charge is 2.26. The smallest absolute Gasteiger partial charge is 0.272 e. The first-order chi connectivity index (χ1) is 11.0. The molecule has 1 aromatic carbocycles. The Balaban J connectivity index is 0.00000288. The number of amides is 1. The van der Waals surface area contributed by atoms with E-state index in [0.29, 0.717) is 31.7 Å².